The normalized spacial score (nSPS) is 23.3. The zero-order chi connectivity index (χ0) is 21.8. The Morgan fingerprint density at radius 1 is 1.13 bits per heavy atom. The summed E-state index contributed by atoms with van der Waals surface area (Å²) in [6, 6.07) is 18.6. The Hall–Kier alpha value is -2.66. The number of rotatable bonds is 6. The van der Waals surface area contributed by atoms with E-state index >= 15 is 0 Å². The molecule has 2 atom stereocenters. The second-order valence-corrected chi connectivity index (χ2v) is 9.12. The van der Waals surface area contributed by atoms with Gasteiger partial charge in [0.2, 0.25) is 5.91 Å². The summed E-state index contributed by atoms with van der Waals surface area (Å²) in [6.07, 6.45) is 2.62. The van der Waals surface area contributed by atoms with E-state index in [0.29, 0.717) is 32.5 Å². The number of hydrogen-bond acceptors (Lipinski definition) is 3. The summed E-state index contributed by atoms with van der Waals surface area (Å²) in [6.45, 7) is 5.64. The quantitative estimate of drug-likeness (QED) is 0.773. The van der Waals surface area contributed by atoms with Crippen molar-refractivity contribution in [1.29, 1.82) is 0 Å². The number of nitrogens with one attached hydrogen (secondary N) is 1. The fourth-order valence-corrected chi connectivity index (χ4v) is 4.80. The summed E-state index contributed by atoms with van der Waals surface area (Å²) >= 11 is 0. The summed E-state index contributed by atoms with van der Waals surface area (Å²) in [4.78, 5) is 28.3. The number of nitrogens with zero attached hydrogens (tertiary/aromatic N) is 1. The molecule has 0 aromatic heterocycles. The summed E-state index contributed by atoms with van der Waals surface area (Å²) in [5.74, 6) is 0.0704. The van der Waals surface area contributed by atoms with Crippen molar-refractivity contribution in [3.05, 3.63) is 60.2 Å². The predicted octanol–water partition coefficient (Wildman–Crippen LogP) is 3.82. The third-order valence-corrected chi connectivity index (χ3v) is 6.40. The minimum absolute atomic E-state index is 0.0352. The molecule has 2 aromatic carbocycles. The van der Waals surface area contributed by atoms with Crippen molar-refractivity contribution in [2.45, 2.75) is 51.7 Å². The third-order valence-electron chi connectivity index (χ3n) is 6.40. The van der Waals surface area contributed by atoms with Crippen LogP contribution in [0.25, 0.3) is 11.1 Å². The lowest BCUT2D eigenvalue weighted by Crippen LogP contribution is -2.48. The first-order chi connectivity index (χ1) is 15.0. The van der Waals surface area contributed by atoms with Gasteiger partial charge in [-0.1, -0.05) is 54.6 Å². The van der Waals surface area contributed by atoms with Crippen LogP contribution in [0.1, 0.15) is 38.7 Å². The molecule has 2 aromatic rings. The van der Waals surface area contributed by atoms with Crippen molar-refractivity contribution in [1.82, 2.24) is 10.2 Å². The van der Waals surface area contributed by atoms with E-state index < -0.39 is 5.41 Å². The van der Waals surface area contributed by atoms with Crippen LogP contribution < -0.4 is 5.32 Å². The van der Waals surface area contributed by atoms with Crippen LogP contribution in [0.15, 0.2) is 54.6 Å². The van der Waals surface area contributed by atoms with Crippen LogP contribution in [0.3, 0.4) is 0 Å². The maximum atomic E-state index is 13.4. The molecule has 4 rings (SSSR count). The molecule has 0 saturated carbocycles. The van der Waals surface area contributed by atoms with Gasteiger partial charge in [-0.3, -0.25) is 9.59 Å². The van der Waals surface area contributed by atoms with Gasteiger partial charge in [0, 0.05) is 25.7 Å². The monoisotopic (exact) mass is 420 g/mol. The first kappa shape index (κ1) is 21.6. The maximum absolute atomic E-state index is 13.4. The molecule has 0 spiro atoms. The van der Waals surface area contributed by atoms with Crippen molar-refractivity contribution in [2.24, 2.45) is 5.41 Å². The number of carbonyl (C=O) groups is 2. The number of likely N-dealkylation sites (tertiary alicyclic amines) is 1. The van der Waals surface area contributed by atoms with Crippen molar-refractivity contribution in [3.63, 3.8) is 0 Å². The number of hydrogen-bond donors (Lipinski definition) is 1. The predicted molar refractivity (Wildman–Crippen MR) is 121 cm³/mol. The molecule has 0 aliphatic carbocycles. The molecule has 2 amide bonds. The van der Waals surface area contributed by atoms with Gasteiger partial charge in [0.05, 0.1) is 5.41 Å². The summed E-state index contributed by atoms with van der Waals surface area (Å²) in [5.41, 5.74) is 2.79. The number of carbonyl (C=O) groups excluding carboxylic acids is 2. The third kappa shape index (κ3) is 4.67. The largest absolute Gasteiger partial charge is 0.368 e. The zero-order valence-electron chi connectivity index (χ0n) is 18.5. The van der Waals surface area contributed by atoms with Crippen LogP contribution >= 0.6 is 0 Å². The van der Waals surface area contributed by atoms with E-state index in [0.717, 1.165) is 29.5 Å². The summed E-state index contributed by atoms with van der Waals surface area (Å²) < 4.78 is 5.62. The van der Waals surface area contributed by atoms with Crippen molar-refractivity contribution in [3.8, 4) is 11.1 Å². The Morgan fingerprint density at radius 2 is 1.87 bits per heavy atom. The van der Waals surface area contributed by atoms with Gasteiger partial charge in [-0.05, 0) is 56.2 Å². The van der Waals surface area contributed by atoms with Crippen LogP contribution in [0.2, 0.25) is 0 Å². The topological polar surface area (TPSA) is 58.6 Å². The molecule has 0 bridgehead atoms. The zero-order valence-corrected chi connectivity index (χ0v) is 18.5. The highest BCUT2D eigenvalue weighted by molar-refractivity contribution is 5.87. The SMILES string of the molecule is CC(C)NC(=O)[C@@]1(Cc2ccccc2-c2ccccc2)CCN(C(=O)[C@@H]2CCCO2)C1. The Morgan fingerprint density at radius 3 is 2.58 bits per heavy atom. The Bertz CT molecular complexity index is 921. The van der Waals surface area contributed by atoms with Gasteiger partial charge in [-0.25, -0.2) is 0 Å². The van der Waals surface area contributed by atoms with Gasteiger partial charge in [0.15, 0.2) is 0 Å². The van der Waals surface area contributed by atoms with Crippen LogP contribution in [-0.4, -0.2) is 48.6 Å². The minimum atomic E-state index is -0.635. The molecule has 0 radical (unpaired) electrons. The Labute approximate surface area is 184 Å². The van der Waals surface area contributed by atoms with Gasteiger partial charge < -0.3 is 15.0 Å². The van der Waals surface area contributed by atoms with E-state index in [-0.39, 0.29) is 24.0 Å². The number of ether oxygens (including phenoxy) is 1. The van der Waals surface area contributed by atoms with Gasteiger partial charge in [0.25, 0.3) is 5.91 Å². The minimum Gasteiger partial charge on any atom is -0.368 e. The molecule has 2 aliphatic heterocycles. The van der Waals surface area contributed by atoms with E-state index in [2.05, 4.69) is 29.6 Å². The van der Waals surface area contributed by atoms with Gasteiger partial charge in [-0.2, -0.15) is 0 Å². The first-order valence-electron chi connectivity index (χ1n) is 11.3. The van der Waals surface area contributed by atoms with Gasteiger partial charge >= 0.3 is 0 Å². The van der Waals surface area contributed by atoms with E-state index in [4.69, 9.17) is 4.74 Å². The van der Waals surface area contributed by atoms with E-state index in [1.807, 2.05) is 49.1 Å². The van der Waals surface area contributed by atoms with Crippen molar-refractivity contribution < 1.29 is 14.3 Å². The highest BCUT2D eigenvalue weighted by Gasteiger charge is 2.47. The van der Waals surface area contributed by atoms with E-state index in [1.54, 1.807) is 0 Å². The fraction of sp³-hybridized carbons (Fsp3) is 0.462. The second kappa shape index (κ2) is 9.23. The average molecular weight is 421 g/mol. The fourth-order valence-electron chi connectivity index (χ4n) is 4.80. The highest BCUT2D eigenvalue weighted by atomic mass is 16.5. The highest BCUT2D eigenvalue weighted by Crippen LogP contribution is 2.38. The summed E-state index contributed by atoms with van der Waals surface area (Å²) in [5, 5.41) is 3.13. The van der Waals surface area contributed by atoms with Crippen LogP contribution in [0.5, 0.6) is 0 Å². The smallest absolute Gasteiger partial charge is 0.251 e. The van der Waals surface area contributed by atoms with Crippen LogP contribution in [-0.2, 0) is 20.7 Å². The molecule has 0 unspecified atom stereocenters. The second-order valence-electron chi connectivity index (χ2n) is 9.12. The van der Waals surface area contributed by atoms with Crippen LogP contribution in [0.4, 0.5) is 0 Å². The van der Waals surface area contributed by atoms with E-state index in [1.165, 1.54) is 0 Å². The lowest BCUT2D eigenvalue weighted by Gasteiger charge is -2.30. The molecule has 164 valence electrons. The lowest BCUT2D eigenvalue weighted by molar-refractivity contribution is -0.141. The lowest BCUT2D eigenvalue weighted by atomic mass is 9.78. The molecular formula is C26H32N2O3. The maximum Gasteiger partial charge on any atom is 0.251 e. The molecule has 2 heterocycles. The van der Waals surface area contributed by atoms with Gasteiger partial charge in [-0.15, -0.1) is 0 Å². The van der Waals surface area contributed by atoms with Crippen molar-refractivity contribution in [2.75, 3.05) is 19.7 Å². The average Bonchev–Trinajstić information content (AvgIpc) is 3.45. The molecule has 31 heavy (non-hydrogen) atoms. The Balaban J connectivity index is 1.63. The Kier molecular flexibility index (Phi) is 6.42. The number of amides is 2. The van der Waals surface area contributed by atoms with Gasteiger partial charge in [0.1, 0.15) is 6.10 Å². The van der Waals surface area contributed by atoms with Crippen LogP contribution in [0, 0.1) is 5.41 Å². The number of benzene rings is 2. The molecule has 2 saturated heterocycles. The first-order valence-corrected chi connectivity index (χ1v) is 11.3. The summed E-state index contributed by atoms with van der Waals surface area (Å²) in [7, 11) is 0. The molecule has 5 nitrogen and oxygen atoms in total. The standard InChI is InChI=1S/C26H32N2O3/c1-19(2)27-25(30)26(14-15-28(18-26)24(29)23-13-8-16-31-23)17-21-11-6-7-12-22(21)20-9-4-3-5-10-20/h3-7,9-12,19,23H,8,13-18H2,1-2H3,(H,27,30)/t23-,26+/m0/s1. The van der Waals surface area contributed by atoms with E-state index in [9.17, 15) is 9.59 Å². The molecule has 2 aliphatic rings. The molecule has 5 heteroatoms. The molecule has 1 N–H and O–H groups in total. The molecule has 2 fully saturated rings. The van der Waals surface area contributed by atoms with Crippen molar-refractivity contribution >= 4 is 11.8 Å². The molecular weight excluding hydrogens is 388 g/mol.